The van der Waals surface area contributed by atoms with Crippen LogP contribution in [0.2, 0.25) is 0 Å². The average molecular weight is 329 g/mol. The standard InChI is InChI=1S/C15H14F3NO4/c16-15(17,18)10-3-1-2-9(4-10)12(20)19-5-11-6-23-8-14(11,7-19)13(21)22/h1-4,11H,5-8H2,(H,21,22)/t11-,14-/m1/s1. The van der Waals surface area contributed by atoms with E-state index in [1.165, 1.54) is 17.0 Å². The number of halogens is 3. The summed E-state index contributed by atoms with van der Waals surface area (Å²) < 4.78 is 43.4. The predicted octanol–water partition coefficient (Wildman–Crippen LogP) is 1.88. The molecule has 1 aromatic rings. The number of likely N-dealkylation sites (tertiary alicyclic amines) is 1. The number of carbonyl (C=O) groups excluding carboxylic acids is 1. The van der Waals surface area contributed by atoms with Gasteiger partial charge in [0.05, 0.1) is 18.8 Å². The number of hydrogen-bond acceptors (Lipinski definition) is 3. The highest BCUT2D eigenvalue weighted by Gasteiger charge is 2.57. The van der Waals surface area contributed by atoms with E-state index in [1.807, 2.05) is 0 Å². The smallest absolute Gasteiger partial charge is 0.416 e. The molecule has 0 aliphatic carbocycles. The fourth-order valence-corrected chi connectivity index (χ4v) is 3.20. The summed E-state index contributed by atoms with van der Waals surface area (Å²) in [5.41, 5.74) is -2.16. The number of nitrogens with zero attached hydrogens (tertiary/aromatic N) is 1. The summed E-state index contributed by atoms with van der Waals surface area (Å²) in [6, 6.07) is 4.15. The normalized spacial score (nSPS) is 27.1. The fourth-order valence-electron chi connectivity index (χ4n) is 3.20. The van der Waals surface area contributed by atoms with E-state index in [0.29, 0.717) is 0 Å². The zero-order valence-corrected chi connectivity index (χ0v) is 12.0. The molecule has 0 aromatic heterocycles. The topological polar surface area (TPSA) is 66.8 Å². The molecule has 2 heterocycles. The maximum Gasteiger partial charge on any atom is 0.416 e. The number of ether oxygens (including phenoxy) is 1. The number of aliphatic carboxylic acids is 1. The summed E-state index contributed by atoms with van der Waals surface area (Å²) in [6.45, 7) is 0.363. The summed E-state index contributed by atoms with van der Waals surface area (Å²) in [5, 5.41) is 9.43. The Morgan fingerprint density at radius 1 is 1.35 bits per heavy atom. The van der Waals surface area contributed by atoms with Gasteiger partial charge in [-0.2, -0.15) is 13.2 Å². The van der Waals surface area contributed by atoms with E-state index in [1.54, 1.807) is 0 Å². The van der Waals surface area contributed by atoms with Gasteiger partial charge in [-0.15, -0.1) is 0 Å². The van der Waals surface area contributed by atoms with Crippen LogP contribution in [-0.2, 0) is 15.7 Å². The van der Waals surface area contributed by atoms with Crippen LogP contribution < -0.4 is 0 Å². The molecular formula is C15H14F3NO4. The molecule has 2 saturated heterocycles. The van der Waals surface area contributed by atoms with E-state index in [0.717, 1.165) is 12.1 Å². The molecule has 2 atom stereocenters. The van der Waals surface area contributed by atoms with E-state index in [2.05, 4.69) is 0 Å². The Bertz CT molecular complexity index is 660. The van der Waals surface area contributed by atoms with Crippen LogP contribution in [0.3, 0.4) is 0 Å². The van der Waals surface area contributed by atoms with Gasteiger partial charge < -0.3 is 14.7 Å². The molecule has 0 unspecified atom stereocenters. The van der Waals surface area contributed by atoms with Crippen molar-refractivity contribution in [3.05, 3.63) is 35.4 Å². The zero-order chi connectivity index (χ0) is 16.8. The number of amides is 1. The van der Waals surface area contributed by atoms with Crippen LogP contribution in [0.5, 0.6) is 0 Å². The van der Waals surface area contributed by atoms with Crippen molar-refractivity contribution in [2.24, 2.45) is 11.3 Å². The minimum atomic E-state index is -4.53. The van der Waals surface area contributed by atoms with Crippen LogP contribution in [0.15, 0.2) is 24.3 Å². The number of alkyl halides is 3. The minimum Gasteiger partial charge on any atom is -0.481 e. The van der Waals surface area contributed by atoms with Crippen molar-refractivity contribution in [3.8, 4) is 0 Å². The zero-order valence-electron chi connectivity index (χ0n) is 12.0. The molecule has 8 heteroatoms. The largest absolute Gasteiger partial charge is 0.481 e. The molecule has 2 aliphatic heterocycles. The van der Waals surface area contributed by atoms with Crippen molar-refractivity contribution >= 4 is 11.9 Å². The van der Waals surface area contributed by atoms with E-state index in [-0.39, 0.29) is 37.8 Å². The van der Waals surface area contributed by atoms with Gasteiger partial charge in [0.1, 0.15) is 5.41 Å². The Balaban J connectivity index is 1.84. The van der Waals surface area contributed by atoms with Gasteiger partial charge in [-0.3, -0.25) is 9.59 Å². The van der Waals surface area contributed by atoms with Crippen LogP contribution in [-0.4, -0.2) is 48.2 Å². The van der Waals surface area contributed by atoms with E-state index >= 15 is 0 Å². The van der Waals surface area contributed by atoms with Crippen molar-refractivity contribution in [1.82, 2.24) is 4.90 Å². The number of carboxylic acid groups (broad SMARTS) is 1. The molecule has 5 nitrogen and oxygen atoms in total. The van der Waals surface area contributed by atoms with E-state index in [9.17, 15) is 27.9 Å². The number of hydrogen-bond donors (Lipinski definition) is 1. The summed E-state index contributed by atoms with van der Waals surface area (Å²) in [5.74, 6) is -1.97. The lowest BCUT2D eigenvalue weighted by Crippen LogP contribution is -2.40. The molecule has 1 N–H and O–H groups in total. The van der Waals surface area contributed by atoms with Crippen molar-refractivity contribution < 1.29 is 32.6 Å². The van der Waals surface area contributed by atoms with Gasteiger partial charge in [0.15, 0.2) is 0 Å². The lowest BCUT2D eigenvalue weighted by atomic mass is 9.81. The second-order valence-corrected chi connectivity index (χ2v) is 5.94. The number of fused-ring (bicyclic) bond motifs is 1. The number of benzene rings is 1. The minimum absolute atomic E-state index is 0.0133. The first-order chi connectivity index (χ1) is 10.7. The Kier molecular flexibility index (Phi) is 3.59. The first-order valence-corrected chi connectivity index (χ1v) is 7.02. The molecule has 23 heavy (non-hydrogen) atoms. The third kappa shape index (κ3) is 2.56. The Morgan fingerprint density at radius 2 is 2.09 bits per heavy atom. The van der Waals surface area contributed by atoms with E-state index < -0.39 is 29.0 Å². The summed E-state index contributed by atoms with van der Waals surface area (Å²) in [6.07, 6.45) is -4.53. The van der Waals surface area contributed by atoms with Crippen LogP contribution in [0, 0.1) is 11.3 Å². The quantitative estimate of drug-likeness (QED) is 0.900. The van der Waals surface area contributed by atoms with E-state index in [4.69, 9.17) is 4.74 Å². The molecule has 0 bridgehead atoms. The van der Waals surface area contributed by atoms with Gasteiger partial charge >= 0.3 is 12.1 Å². The molecule has 0 radical (unpaired) electrons. The van der Waals surface area contributed by atoms with Crippen molar-refractivity contribution in [2.75, 3.05) is 26.3 Å². The van der Waals surface area contributed by atoms with Crippen molar-refractivity contribution in [1.29, 1.82) is 0 Å². The van der Waals surface area contributed by atoms with Crippen LogP contribution in [0.4, 0.5) is 13.2 Å². The van der Waals surface area contributed by atoms with Gasteiger partial charge in [-0.25, -0.2) is 0 Å². The molecule has 3 rings (SSSR count). The molecule has 2 fully saturated rings. The Labute approximate surface area is 129 Å². The number of carbonyl (C=O) groups is 2. The molecule has 124 valence electrons. The first kappa shape index (κ1) is 15.8. The number of rotatable bonds is 2. The molecule has 0 saturated carbocycles. The lowest BCUT2D eigenvalue weighted by molar-refractivity contribution is -0.149. The third-order valence-electron chi connectivity index (χ3n) is 4.52. The summed E-state index contributed by atoms with van der Waals surface area (Å²) >= 11 is 0. The monoisotopic (exact) mass is 329 g/mol. The van der Waals surface area contributed by atoms with Crippen LogP contribution in [0.25, 0.3) is 0 Å². The second kappa shape index (κ2) is 5.23. The maximum absolute atomic E-state index is 12.7. The molecule has 0 spiro atoms. The number of carboxylic acids is 1. The average Bonchev–Trinajstić information content (AvgIpc) is 3.03. The van der Waals surface area contributed by atoms with Crippen molar-refractivity contribution in [2.45, 2.75) is 6.18 Å². The maximum atomic E-state index is 12.7. The van der Waals surface area contributed by atoms with Gasteiger partial charge in [0.25, 0.3) is 5.91 Å². The SMILES string of the molecule is O=C(c1cccc(C(F)(F)F)c1)N1C[C@@H]2COC[C@]2(C(=O)O)C1. The molecule has 1 amide bonds. The van der Waals surface area contributed by atoms with Crippen molar-refractivity contribution in [3.63, 3.8) is 0 Å². The molecule has 1 aromatic carbocycles. The van der Waals surface area contributed by atoms with Crippen LogP contribution in [0.1, 0.15) is 15.9 Å². The summed E-state index contributed by atoms with van der Waals surface area (Å²) in [4.78, 5) is 25.3. The summed E-state index contributed by atoms with van der Waals surface area (Å²) in [7, 11) is 0. The second-order valence-electron chi connectivity index (χ2n) is 5.94. The highest BCUT2D eigenvalue weighted by atomic mass is 19.4. The van der Waals surface area contributed by atoms with Gasteiger partial charge in [0.2, 0.25) is 0 Å². The van der Waals surface area contributed by atoms with Gasteiger partial charge in [-0.05, 0) is 18.2 Å². The Hall–Kier alpha value is -2.09. The van der Waals surface area contributed by atoms with Gasteiger partial charge in [0, 0.05) is 24.6 Å². The highest BCUT2D eigenvalue weighted by Crippen LogP contribution is 2.42. The lowest BCUT2D eigenvalue weighted by Gasteiger charge is -2.22. The molecule has 2 aliphatic rings. The first-order valence-electron chi connectivity index (χ1n) is 7.02. The van der Waals surface area contributed by atoms with Crippen LogP contribution >= 0.6 is 0 Å². The highest BCUT2D eigenvalue weighted by molar-refractivity contribution is 5.95. The third-order valence-corrected chi connectivity index (χ3v) is 4.52. The molecular weight excluding hydrogens is 315 g/mol. The predicted molar refractivity (Wildman–Crippen MR) is 71.7 cm³/mol. The fraction of sp³-hybridized carbons (Fsp3) is 0.467. The Morgan fingerprint density at radius 3 is 2.70 bits per heavy atom. The van der Waals surface area contributed by atoms with Gasteiger partial charge in [-0.1, -0.05) is 6.07 Å².